The van der Waals surface area contributed by atoms with Crippen LogP contribution in [0.25, 0.3) is 0 Å². The molecule has 3 N–H and O–H groups in total. The van der Waals surface area contributed by atoms with Gasteiger partial charge in [-0.25, -0.2) is 0 Å². The van der Waals surface area contributed by atoms with Gasteiger partial charge in [0.05, 0.1) is 16.1 Å². The van der Waals surface area contributed by atoms with E-state index in [-0.39, 0.29) is 29.0 Å². The molecule has 26 heavy (non-hydrogen) atoms. The number of thiophene rings is 1. The topological polar surface area (TPSA) is 100 Å². The van der Waals surface area contributed by atoms with Crippen molar-refractivity contribution in [2.45, 2.75) is 46.2 Å². The molecule has 0 aliphatic heterocycles. The van der Waals surface area contributed by atoms with Crippen molar-refractivity contribution in [1.82, 2.24) is 10.6 Å². The monoisotopic (exact) mass is 377 g/mol. The maximum Gasteiger partial charge on any atom is 0.291 e. The second-order valence-corrected chi connectivity index (χ2v) is 8.04. The molecule has 8 heteroatoms. The zero-order valence-electron chi connectivity index (χ0n) is 15.4. The maximum atomic E-state index is 12.5. The van der Waals surface area contributed by atoms with Crippen molar-refractivity contribution >= 4 is 34.1 Å². The number of rotatable bonds is 5. The van der Waals surface area contributed by atoms with Gasteiger partial charge < -0.3 is 20.4 Å². The molecule has 0 spiro atoms. The van der Waals surface area contributed by atoms with Crippen LogP contribution in [0.3, 0.4) is 0 Å². The third-order valence-corrected chi connectivity index (χ3v) is 4.50. The molecule has 2 aromatic rings. The lowest BCUT2D eigenvalue weighted by atomic mass is 10.1. The predicted octanol–water partition coefficient (Wildman–Crippen LogP) is 2.93. The molecule has 0 saturated carbocycles. The van der Waals surface area contributed by atoms with Crippen molar-refractivity contribution in [2.75, 3.05) is 5.32 Å². The fourth-order valence-corrected chi connectivity index (χ4v) is 3.13. The molecule has 1 atom stereocenters. The molecular weight excluding hydrogens is 354 g/mol. The van der Waals surface area contributed by atoms with Gasteiger partial charge in [-0.2, -0.15) is 0 Å². The summed E-state index contributed by atoms with van der Waals surface area (Å²) in [5, 5.41) is 8.72. The molecule has 0 saturated heterocycles. The van der Waals surface area contributed by atoms with E-state index in [0.717, 1.165) is 11.3 Å². The molecule has 0 radical (unpaired) electrons. The van der Waals surface area contributed by atoms with E-state index in [1.807, 2.05) is 20.8 Å². The van der Waals surface area contributed by atoms with Crippen LogP contribution in [0.4, 0.5) is 5.00 Å². The second kappa shape index (κ2) is 7.74. The van der Waals surface area contributed by atoms with Crippen LogP contribution in [-0.2, 0) is 4.79 Å². The lowest BCUT2D eigenvalue weighted by Gasteiger charge is -2.23. The molecule has 0 aliphatic rings. The third-order valence-electron chi connectivity index (χ3n) is 3.34. The average Bonchev–Trinajstić information content (AvgIpc) is 3.15. The minimum Gasteiger partial charge on any atom is -0.459 e. The zero-order chi connectivity index (χ0) is 19.5. The van der Waals surface area contributed by atoms with E-state index in [1.54, 1.807) is 32.0 Å². The number of anilines is 1. The van der Waals surface area contributed by atoms with Gasteiger partial charge in [-0.3, -0.25) is 14.4 Å². The molecule has 3 amide bonds. The van der Waals surface area contributed by atoms with E-state index in [4.69, 9.17) is 4.42 Å². The van der Waals surface area contributed by atoms with Gasteiger partial charge in [0.1, 0.15) is 6.04 Å². The fraction of sp³-hybridized carbons (Fsp3) is 0.389. The average molecular weight is 377 g/mol. The van der Waals surface area contributed by atoms with Crippen molar-refractivity contribution < 1.29 is 18.8 Å². The molecular formula is C18H23N3O4S. The third kappa shape index (κ3) is 5.19. The van der Waals surface area contributed by atoms with E-state index in [1.165, 1.54) is 6.26 Å². The summed E-state index contributed by atoms with van der Waals surface area (Å²) >= 11 is 1.14. The van der Waals surface area contributed by atoms with Crippen LogP contribution < -0.4 is 16.0 Å². The van der Waals surface area contributed by atoms with Crippen molar-refractivity contribution in [3.8, 4) is 0 Å². The van der Waals surface area contributed by atoms with Gasteiger partial charge >= 0.3 is 0 Å². The van der Waals surface area contributed by atoms with Gasteiger partial charge in [0.2, 0.25) is 5.91 Å². The Morgan fingerprint density at radius 2 is 1.88 bits per heavy atom. The molecule has 140 valence electrons. The first kappa shape index (κ1) is 19.7. The molecule has 0 fully saturated rings. The Hall–Kier alpha value is -2.61. The van der Waals surface area contributed by atoms with Gasteiger partial charge in [-0.1, -0.05) is 0 Å². The van der Waals surface area contributed by atoms with E-state index >= 15 is 0 Å². The number of amides is 3. The van der Waals surface area contributed by atoms with Crippen molar-refractivity contribution in [2.24, 2.45) is 0 Å². The summed E-state index contributed by atoms with van der Waals surface area (Å²) in [6, 6.07) is 4.21. The molecule has 1 unspecified atom stereocenters. The highest BCUT2D eigenvalue weighted by molar-refractivity contribution is 7.18. The summed E-state index contributed by atoms with van der Waals surface area (Å²) in [7, 11) is 0. The Kier molecular flexibility index (Phi) is 5.86. The number of hydrogen-bond donors (Lipinski definition) is 3. The molecule has 0 bridgehead atoms. The summed E-state index contributed by atoms with van der Waals surface area (Å²) in [6.07, 6.45) is 1.41. The van der Waals surface area contributed by atoms with Crippen LogP contribution in [0.2, 0.25) is 0 Å². The normalized spacial score (nSPS) is 12.3. The Morgan fingerprint density at radius 1 is 1.19 bits per heavy atom. The van der Waals surface area contributed by atoms with E-state index in [2.05, 4.69) is 16.0 Å². The first-order chi connectivity index (χ1) is 12.1. The van der Waals surface area contributed by atoms with Crippen LogP contribution in [-0.4, -0.2) is 29.3 Å². The summed E-state index contributed by atoms with van der Waals surface area (Å²) < 4.78 is 5.04. The highest BCUT2D eigenvalue weighted by Gasteiger charge is 2.23. The van der Waals surface area contributed by atoms with E-state index < -0.39 is 6.04 Å². The highest BCUT2D eigenvalue weighted by Crippen LogP contribution is 2.27. The number of aryl methyl sites for hydroxylation is 1. The first-order valence-electron chi connectivity index (χ1n) is 8.15. The van der Waals surface area contributed by atoms with E-state index in [0.29, 0.717) is 15.4 Å². The van der Waals surface area contributed by atoms with Gasteiger partial charge in [0, 0.05) is 5.54 Å². The van der Waals surface area contributed by atoms with Gasteiger partial charge in [-0.05, 0) is 58.4 Å². The lowest BCUT2D eigenvalue weighted by Crippen LogP contribution is -2.50. The lowest BCUT2D eigenvalue weighted by molar-refractivity contribution is -0.124. The van der Waals surface area contributed by atoms with Crippen molar-refractivity contribution in [3.63, 3.8) is 0 Å². The number of nitrogens with one attached hydrogen (secondary N) is 3. The zero-order valence-corrected chi connectivity index (χ0v) is 16.2. The summed E-state index contributed by atoms with van der Waals surface area (Å²) in [5.74, 6) is -0.815. The van der Waals surface area contributed by atoms with Crippen LogP contribution >= 0.6 is 11.3 Å². The smallest absolute Gasteiger partial charge is 0.291 e. The first-order valence-corrected chi connectivity index (χ1v) is 8.96. The van der Waals surface area contributed by atoms with Crippen LogP contribution in [0, 0.1) is 6.92 Å². The Labute approximate surface area is 156 Å². The quantitative estimate of drug-likeness (QED) is 0.746. The standard InChI is InChI=1S/C18H23N3O4S/c1-10-9-13(20-16(23)12-7-6-8-25-12)26-14(10)17(24)19-11(2)15(22)21-18(3,4)5/h6-9,11H,1-5H3,(H,19,24)(H,20,23)(H,21,22). The van der Waals surface area contributed by atoms with Gasteiger partial charge in [0.25, 0.3) is 11.8 Å². The minimum absolute atomic E-state index is 0.189. The summed E-state index contributed by atoms with van der Waals surface area (Å²) in [5.41, 5.74) is 0.337. The SMILES string of the molecule is Cc1cc(NC(=O)c2ccco2)sc1C(=O)NC(C)C(=O)NC(C)(C)C. The van der Waals surface area contributed by atoms with E-state index in [9.17, 15) is 14.4 Å². The number of carbonyl (C=O) groups excluding carboxylic acids is 3. The second-order valence-electron chi connectivity index (χ2n) is 6.99. The Bertz CT molecular complexity index is 803. The highest BCUT2D eigenvalue weighted by atomic mass is 32.1. The Morgan fingerprint density at radius 3 is 2.46 bits per heavy atom. The number of hydrogen-bond acceptors (Lipinski definition) is 5. The van der Waals surface area contributed by atoms with Crippen molar-refractivity contribution in [1.29, 1.82) is 0 Å². The molecule has 2 rings (SSSR count). The largest absolute Gasteiger partial charge is 0.459 e. The molecule has 2 aromatic heterocycles. The van der Waals surface area contributed by atoms with Crippen LogP contribution in [0.1, 0.15) is 53.5 Å². The summed E-state index contributed by atoms with van der Waals surface area (Å²) in [4.78, 5) is 37.0. The molecule has 2 heterocycles. The van der Waals surface area contributed by atoms with Gasteiger partial charge in [0.15, 0.2) is 5.76 Å². The number of furan rings is 1. The predicted molar refractivity (Wildman–Crippen MR) is 101 cm³/mol. The van der Waals surface area contributed by atoms with Crippen molar-refractivity contribution in [3.05, 3.63) is 40.7 Å². The Balaban J connectivity index is 2.02. The molecule has 0 aromatic carbocycles. The van der Waals surface area contributed by atoms with Crippen LogP contribution in [0.15, 0.2) is 28.9 Å². The molecule has 7 nitrogen and oxygen atoms in total. The fourth-order valence-electron chi connectivity index (χ4n) is 2.16. The van der Waals surface area contributed by atoms with Gasteiger partial charge in [-0.15, -0.1) is 11.3 Å². The molecule has 0 aliphatic carbocycles. The maximum absolute atomic E-state index is 12.5. The minimum atomic E-state index is -0.676. The summed E-state index contributed by atoms with van der Waals surface area (Å²) in [6.45, 7) is 9.01. The van der Waals surface area contributed by atoms with Crippen LogP contribution in [0.5, 0.6) is 0 Å². The number of carbonyl (C=O) groups is 3.